The molecule has 0 aliphatic carbocycles. The molecule has 100 valence electrons. The van der Waals surface area contributed by atoms with Crippen molar-refractivity contribution in [2.24, 2.45) is 0 Å². The van der Waals surface area contributed by atoms with E-state index in [0.717, 1.165) is 8.95 Å². The maximum absolute atomic E-state index is 5.84. The van der Waals surface area contributed by atoms with Crippen molar-refractivity contribution in [1.29, 1.82) is 0 Å². The van der Waals surface area contributed by atoms with Crippen molar-refractivity contribution in [2.75, 3.05) is 12.8 Å². The van der Waals surface area contributed by atoms with E-state index in [4.69, 9.17) is 15.2 Å². The van der Waals surface area contributed by atoms with Crippen LogP contribution in [0.25, 0.3) is 0 Å². The second kappa shape index (κ2) is 6.11. The first-order valence-corrected chi connectivity index (χ1v) is 7.50. The van der Waals surface area contributed by atoms with Gasteiger partial charge in [0.25, 0.3) is 0 Å². The average Bonchev–Trinajstić information content (AvgIpc) is 2.37. The van der Waals surface area contributed by atoms with Gasteiger partial charge in [0, 0.05) is 6.20 Å². The molecule has 2 N–H and O–H groups in total. The van der Waals surface area contributed by atoms with Crippen molar-refractivity contribution in [3.8, 4) is 17.2 Å². The van der Waals surface area contributed by atoms with Gasteiger partial charge in [-0.05, 0) is 59.9 Å². The van der Waals surface area contributed by atoms with Crippen LogP contribution in [0.5, 0.6) is 17.2 Å². The maximum Gasteiger partial charge on any atom is 0.167 e. The lowest BCUT2D eigenvalue weighted by Gasteiger charge is -2.13. The van der Waals surface area contributed by atoms with Crippen LogP contribution < -0.4 is 15.2 Å². The molecule has 1 aromatic carbocycles. The van der Waals surface area contributed by atoms with Crippen molar-refractivity contribution in [2.45, 2.75) is 0 Å². The standard InChI is InChI=1S/C12H9Br3N2O2/c1-18-10-2-7(14)11(3-6(10)13)19-12-8(15)4-17-5-9(12)16/h2-5H,16H2,1H3. The second-order valence-electron chi connectivity index (χ2n) is 3.56. The molecule has 0 fully saturated rings. The van der Waals surface area contributed by atoms with Gasteiger partial charge in [-0.25, -0.2) is 0 Å². The molecule has 0 saturated heterocycles. The van der Waals surface area contributed by atoms with Crippen LogP contribution in [-0.4, -0.2) is 12.1 Å². The molecular formula is C12H9Br3N2O2. The molecule has 0 bridgehead atoms. The van der Waals surface area contributed by atoms with Crippen LogP contribution in [0.4, 0.5) is 5.69 Å². The number of nitrogen functional groups attached to an aromatic ring is 1. The monoisotopic (exact) mass is 450 g/mol. The first-order chi connectivity index (χ1) is 9.02. The number of anilines is 1. The Hall–Kier alpha value is -0.790. The van der Waals surface area contributed by atoms with Crippen LogP contribution in [0, 0.1) is 0 Å². The SMILES string of the molecule is COc1cc(Br)c(Oc2c(N)cncc2Br)cc1Br. The van der Waals surface area contributed by atoms with Gasteiger partial charge >= 0.3 is 0 Å². The highest BCUT2D eigenvalue weighted by atomic mass is 79.9. The van der Waals surface area contributed by atoms with Gasteiger partial charge in [-0.15, -0.1) is 0 Å². The highest BCUT2D eigenvalue weighted by molar-refractivity contribution is 9.11. The van der Waals surface area contributed by atoms with Crippen LogP contribution in [0.3, 0.4) is 0 Å². The Kier molecular flexibility index (Phi) is 4.70. The lowest BCUT2D eigenvalue weighted by Crippen LogP contribution is -1.95. The smallest absolute Gasteiger partial charge is 0.167 e. The Balaban J connectivity index is 2.41. The summed E-state index contributed by atoms with van der Waals surface area (Å²) in [5.74, 6) is 1.85. The molecular weight excluding hydrogens is 444 g/mol. The van der Waals surface area contributed by atoms with E-state index in [0.29, 0.717) is 27.4 Å². The minimum Gasteiger partial charge on any atom is -0.496 e. The number of halogens is 3. The topological polar surface area (TPSA) is 57.4 Å². The van der Waals surface area contributed by atoms with Gasteiger partial charge in [-0.2, -0.15) is 0 Å². The Labute approximate surface area is 135 Å². The fourth-order valence-corrected chi connectivity index (χ4v) is 2.72. The first-order valence-electron chi connectivity index (χ1n) is 5.12. The van der Waals surface area contributed by atoms with E-state index in [1.165, 1.54) is 6.20 Å². The number of methoxy groups -OCH3 is 1. The Morgan fingerprint density at radius 3 is 2.26 bits per heavy atom. The molecule has 0 amide bonds. The minimum atomic E-state index is 0.452. The molecule has 7 heteroatoms. The van der Waals surface area contributed by atoms with Gasteiger partial charge in [0.1, 0.15) is 11.5 Å². The fourth-order valence-electron chi connectivity index (χ4n) is 1.40. The summed E-state index contributed by atoms with van der Waals surface area (Å²) in [6.45, 7) is 0. The third-order valence-electron chi connectivity index (χ3n) is 2.30. The zero-order valence-electron chi connectivity index (χ0n) is 9.78. The summed E-state index contributed by atoms with van der Waals surface area (Å²) < 4.78 is 13.2. The molecule has 0 radical (unpaired) electrons. The number of ether oxygens (including phenoxy) is 2. The number of hydrogen-bond donors (Lipinski definition) is 1. The van der Waals surface area contributed by atoms with E-state index in [1.807, 2.05) is 6.07 Å². The van der Waals surface area contributed by atoms with Gasteiger partial charge < -0.3 is 15.2 Å². The van der Waals surface area contributed by atoms with E-state index >= 15 is 0 Å². The molecule has 1 heterocycles. The second-order valence-corrected chi connectivity index (χ2v) is 6.12. The Bertz CT molecular complexity index is 600. The highest BCUT2D eigenvalue weighted by Gasteiger charge is 2.13. The molecule has 4 nitrogen and oxygen atoms in total. The molecule has 19 heavy (non-hydrogen) atoms. The van der Waals surface area contributed by atoms with Crippen molar-refractivity contribution in [3.05, 3.63) is 37.9 Å². The number of pyridine rings is 1. The summed E-state index contributed by atoms with van der Waals surface area (Å²) in [6, 6.07) is 3.61. The maximum atomic E-state index is 5.84. The van der Waals surface area contributed by atoms with Gasteiger partial charge in [-0.1, -0.05) is 0 Å². The van der Waals surface area contributed by atoms with E-state index in [-0.39, 0.29) is 0 Å². The van der Waals surface area contributed by atoms with Crippen molar-refractivity contribution in [3.63, 3.8) is 0 Å². The van der Waals surface area contributed by atoms with E-state index in [9.17, 15) is 0 Å². The van der Waals surface area contributed by atoms with Crippen LogP contribution in [-0.2, 0) is 0 Å². The molecule has 0 aliphatic heterocycles. The summed E-state index contributed by atoms with van der Waals surface area (Å²) in [5.41, 5.74) is 6.30. The lowest BCUT2D eigenvalue weighted by atomic mass is 10.3. The lowest BCUT2D eigenvalue weighted by molar-refractivity contribution is 0.409. The van der Waals surface area contributed by atoms with Crippen LogP contribution >= 0.6 is 47.8 Å². The van der Waals surface area contributed by atoms with Gasteiger partial charge in [-0.3, -0.25) is 4.98 Å². The summed E-state index contributed by atoms with van der Waals surface area (Å²) >= 11 is 10.2. The normalized spacial score (nSPS) is 10.3. The van der Waals surface area contributed by atoms with Gasteiger partial charge in [0.2, 0.25) is 0 Å². The zero-order chi connectivity index (χ0) is 14.0. The molecule has 1 aromatic heterocycles. The highest BCUT2D eigenvalue weighted by Crippen LogP contribution is 2.41. The predicted molar refractivity (Wildman–Crippen MR) is 84.8 cm³/mol. The molecule has 0 unspecified atom stereocenters. The van der Waals surface area contributed by atoms with Gasteiger partial charge in [0.05, 0.1) is 32.4 Å². The molecule has 0 atom stereocenters. The van der Waals surface area contributed by atoms with Crippen LogP contribution in [0.2, 0.25) is 0 Å². The molecule has 2 rings (SSSR count). The Morgan fingerprint density at radius 2 is 1.63 bits per heavy atom. The third kappa shape index (κ3) is 3.21. The van der Waals surface area contributed by atoms with Crippen molar-refractivity contribution < 1.29 is 9.47 Å². The number of nitrogens with two attached hydrogens (primary N) is 1. The minimum absolute atomic E-state index is 0.452. The third-order valence-corrected chi connectivity index (χ3v) is 4.10. The van der Waals surface area contributed by atoms with Crippen LogP contribution in [0.15, 0.2) is 37.9 Å². The molecule has 0 aliphatic rings. The summed E-state index contributed by atoms with van der Waals surface area (Å²) in [4.78, 5) is 3.96. The Morgan fingerprint density at radius 1 is 1.00 bits per heavy atom. The first kappa shape index (κ1) is 14.6. The quantitative estimate of drug-likeness (QED) is 0.730. The summed E-state index contributed by atoms with van der Waals surface area (Å²) in [5, 5.41) is 0. The van der Waals surface area contributed by atoms with Gasteiger partial charge in [0.15, 0.2) is 5.75 Å². The molecule has 0 saturated carbocycles. The number of nitrogens with zero attached hydrogens (tertiary/aromatic N) is 1. The molecule has 2 aromatic rings. The number of hydrogen-bond acceptors (Lipinski definition) is 4. The van der Waals surface area contributed by atoms with E-state index in [1.54, 1.807) is 19.4 Å². The van der Waals surface area contributed by atoms with E-state index in [2.05, 4.69) is 52.8 Å². The zero-order valence-corrected chi connectivity index (χ0v) is 14.5. The predicted octanol–water partition coefficient (Wildman–Crippen LogP) is 4.75. The summed E-state index contributed by atoms with van der Waals surface area (Å²) in [6.07, 6.45) is 3.16. The average molecular weight is 453 g/mol. The van der Waals surface area contributed by atoms with Crippen LogP contribution in [0.1, 0.15) is 0 Å². The van der Waals surface area contributed by atoms with E-state index < -0.39 is 0 Å². The molecule has 0 spiro atoms. The number of rotatable bonds is 3. The summed E-state index contributed by atoms with van der Waals surface area (Å²) in [7, 11) is 1.60. The van der Waals surface area contributed by atoms with Crippen molar-refractivity contribution in [1.82, 2.24) is 4.98 Å². The fraction of sp³-hybridized carbons (Fsp3) is 0.0833. The largest absolute Gasteiger partial charge is 0.496 e. The number of aromatic nitrogens is 1. The van der Waals surface area contributed by atoms with Crippen molar-refractivity contribution >= 4 is 53.5 Å². The number of benzene rings is 1.